The van der Waals surface area contributed by atoms with E-state index in [0.29, 0.717) is 6.54 Å². The molecular formula is C16H24N2OS. The van der Waals surface area contributed by atoms with Crippen molar-refractivity contribution >= 4 is 17.7 Å². The van der Waals surface area contributed by atoms with E-state index in [1.807, 2.05) is 17.2 Å². The number of benzene rings is 1. The van der Waals surface area contributed by atoms with Crippen molar-refractivity contribution in [3.63, 3.8) is 0 Å². The molecule has 0 bridgehead atoms. The first-order chi connectivity index (χ1) is 9.45. The molecule has 0 radical (unpaired) electrons. The maximum atomic E-state index is 12.5. The minimum Gasteiger partial charge on any atom is -0.336 e. The number of thioether (sulfide) groups is 1. The van der Waals surface area contributed by atoms with E-state index in [1.165, 1.54) is 11.1 Å². The predicted octanol–water partition coefficient (Wildman–Crippen LogP) is 2.39. The van der Waals surface area contributed by atoms with Crippen LogP contribution in [0.15, 0.2) is 24.3 Å². The summed E-state index contributed by atoms with van der Waals surface area (Å²) in [5.74, 6) is 1.02. The molecule has 1 aliphatic heterocycles. The first-order valence-corrected chi connectivity index (χ1v) is 8.47. The Morgan fingerprint density at radius 3 is 2.85 bits per heavy atom. The number of nitrogens with zero attached hydrogens (tertiary/aromatic N) is 1. The van der Waals surface area contributed by atoms with E-state index in [-0.39, 0.29) is 17.4 Å². The van der Waals surface area contributed by atoms with E-state index in [4.69, 9.17) is 5.73 Å². The molecule has 2 N–H and O–H groups in total. The monoisotopic (exact) mass is 292 g/mol. The smallest absolute Gasteiger partial charge is 0.239 e. The second-order valence-electron chi connectivity index (χ2n) is 6.12. The van der Waals surface area contributed by atoms with E-state index in [2.05, 4.69) is 32.0 Å². The third-order valence-electron chi connectivity index (χ3n) is 3.96. The van der Waals surface area contributed by atoms with Gasteiger partial charge in [0.2, 0.25) is 5.91 Å². The van der Waals surface area contributed by atoms with Gasteiger partial charge in [-0.05, 0) is 29.6 Å². The van der Waals surface area contributed by atoms with Crippen LogP contribution in [0.4, 0.5) is 0 Å². The minimum atomic E-state index is -0.372. The zero-order chi connectivity index (χ0) is 14.8. The van der Waals surface area contributed by atoms with Crippen molar-refractivity contribution in [2.24, 2.45) is 5.73 Å². The van der Waals surface area contributed by atoms with Gasteiger partial charge in [0.05, 0.1) is 6.04 Å². The number of rotatable bonds is 4. The molecule has 1 aromatic carbocycles. The molecule has 0 fully saturated rings. The van der Waals surface area contributed by atoms with Crippen LogP contribution in [-0.4, -0.2) is 35.4 Å². The Balaban J connectivity index is 2.15. The molecule has 1 atom stereocenters. The average molecular weight is 292 g/mol. The molecule has 0 spiro atoms. The number of carbonyl (C=O) groups is 1. The molecule has 3 nitrogen and oxygen atoms in total. The number of hydrogen-bond donors (Lipinski definition) is 1. The van der Waals surface area contributed by atoms with E-state index in [9.17, 15) is 4.79 Å². The van der Waals surface area contributed by atoms with Crippen molar-refractivity contribution in [3.8, 4) is 0 Å². The Hall–Kier alpha value is -1.00. The van der Waals surface area contributed by atoms with Crippen LogP contribution in [0.2, 0.25) is 0 Å². The molecule has 1 aromatic rings. The second kappa shape index (κ2) is 6.19. The Labute approximate surface area is 125 Å². The molecule has 20 heavy (non-hydrogen) atoms. The van der Waals surface area contributed by atoms with Crippen molar-refractivity contribution < 1.29 is 4.79 Å². The Kier molecular flexibility index (Phi) is 4.76. The van der Waals surface area contributed by atoms with Gasteiger partial charge in [-0.1, -0.05) is 38.1 Å². The van der Waals surface area contributed by atoms with Crippen LogP contribution in [-0.2, 0) is 16.8 Å². The lowest BCUT2D eigenvalue weighted by molar-refractivity contribution is -0.134. The molecule has 0 saturated heterocycles. The van der Waals surface area contributed by atoms with Crippen LogP contribution < -0.4 is 5.73 Å². The van der Waals surface area contributed by atoms with Crippen LogP contribution >= 0.6 is 11.8 Å². The van der Waals surface area contributed by atoms with Gasteiger partial charge in [0.25, 0.3) is 0 Å². The fraction of sp³-hybridized carbons (Fsp3) is 0.562. The number of hydrogen-bond acceptors (Lipinski definition) is 3. The Morgan fingerprint density at radius 2 is 2.15 bits per heavy atom. The van der Waals surface area contributed by atoms with Gasteiger partial charge >= 0.3 is 0 Å². The zero-order valence-corrected chi connectivity index (χ0v) is 13.4. The van der Waals surface area contributed by atoms with Gasteiger partial charge in [0, 0.05) is 18.5 Å². The highest BCUT2D eigenvalue weighted by atomic mass is 32.2. The Bertz CT molecular complexity index is 487. The molecule has 1 heterocycles. The fourth-order valence-electron chi connectivity index (χ4n) is 2.90. The molecule has 4 heteroatoms. The van der Waals surface area contributed by atoms with Gasteiger partial charge in [-0.25, -0.2) is 0 Å². The van der Waals surface area contributed by atoms with Crippen LogP contribution in [0.1, 0.15) is 31.4 Å². The highest BCUT2D eigenvalue weighted by molar-refractivity contribution is 7.98. The number of nitrogens with two attached hydrogens (primary N) is 1. The maximum absolute atomic E-state index is 12.5. The van der Waals surface area contributed by atoms with Gasteiger partial charge in [-0.15, -0.1) is 0 Å². The summed E-state index contributed by atoms with van der Waals surface area (Å²) in [6.07, 6.45) is 2.79. The van der Waals surface area contributed by atoms with E-state index < -0.39 is 0 Å². The summed E-state index contributed by atoms with van der Waals surface area (Å²) < 4.78 is 0. The van der Waals surface area contributed by atoms with E-state index in [0.717, 1.165) is 18.7 Å². The molecular weight excluding hydrogens is 268 g/mol. The Morgan fingerprint density at radius 1 is 1.45 bits per heavy atom. The van der Waals surface area contributed by atoms with Crippen molar-refractivity contribution in [1.82, 2.24) is 4.90 Å². The van der Waals surface area contributed by atoms with Crippen LogP contribution in [0.25, 0.3) is 0 Å². The normalized spacial score (nSPS) is 18.5. The number of amides is 1. The lowest BCUT2D eigenvalue weighted by Crippen LogP contribution is -2.50. The van der Waals surface area contributed by atoms with Crippen LogP contribution in [0, 0.1) is 0 Å². The first kappa shape index (κ1) is 15.4. The van der Waals surface area contributed by atoms with Gasteiger partial charge in [0.15, 0.2) is 0 Å². The summed E-state index contributed by atoms with van der Waals surface area (Å²) in [5.41, 5.74) is 8.62. The summed E-state index contributed by atoms with van der Waals surface area (Å²) >= 11 is 1.73. The van der Waals surface area contributed by atoms with Crippen LogP contribution in [0.3, 0.4) is 0 Å². The SMILES string of the molecule is CSCCC(N)C(=O)N1Cc2ccccc2C(C)(C)C1. The highest BCUT2D eigenvalue weighted by Gasteiger charge is 2.34. The average Bonchev–Trinajstić information content (AvgIpc) is 2.43. The first-order valence-electron chi connectivity index (χ1n) is 7.07. The predicted molar refractivity (Wildman–Crippen MR) is 85.9 cm³/mol. The van der Waals surface area contributed by atoms with Gasteiger partial charge < -0.3 is 10.6 Å². The topological polar surface area (TPSA) is 46.3 Å². The molecule has 2 rings (SSSR count). The molecule has 1 aliphatic rings. The molecule has 0 aliphatic carbocycles. The van der Waals surface area contributed by atoms with Crippen molar-refractivity contribution in [2.75, 3.05) is 18.6 Å². The molecule has 0 aromatic heterocycles. The van der Waals surface area contributed by atoms with Crippen molar-refractivity contribution in [3.05, 3.63) is 35.4 Å². The van der Waals surface area contributed by atoms with Gasteiger partial charge in [-0.2, -0.15) is 11.8 Å². The summed E-state index contributed by atoms with van der Waals surface area (Å²) in [5, 5.41) is 0. The third-order valence-corrected chi connectivity index (χ3v) is 4.60. The van der Waals surface area contributed by atoms with Crippen molar-refractivity contribution in [2.45, 2.75) is 38.3 Å². The zero-order valence-electron chi connectivity index (χ0n) is 12.6. The van der Waals surface area contributed by atoms with Gasteiger partial charge in [0.1, 0.15) is 0 Å². The van der Waals surface area contributed by atoms with E-state index in [1.54, 1.807) is 11.8 Å². The van der Waals surface area contributed by atoms with Crippen LogP contribution in [0.5, 0.6) is 0 Å². The summed E-state index contributed by atoms with van der Waals surface area (Å²) in [6, 6.07) is 8.02. The minimum absolute atomic E-state index is 0.0102. The summed E-state index contributed by atoms with van der Waals surface area (Å²) in [4.78, 5) is 14.4. The standard InChI is InChI=1S/C16H24N2OS/c1-16(2)11-18(15(19)14(17)8-9-20-3)10-12-6-4-5-7-13(12)16/h4-7,14H,8-11,17H2,1-3H3. The van der Waals surface area contributed by atoms with E-state index >= 15 is 0 Å². The molecule has 110 valence electrons. The molecule has 1 unspecified atom stereocenters. The molecule has 0 saturated carbocycles. The lowest BCUT2D eigenvalue weighted by Gasteiger charge is -2.40. The summed E-state index contributed by atoms with van der Waals surface area (Å²) in [6.45, 7) is 5.82. The quantitative estimate of drug-likeness (QED) is 0.927. The maximum Gasteiger partial charge on any atom is 0.239 e. The number of fused-ring (bicyclic) bond motifs is 1. The van der Waals surface area contributed by atoms with Crippen molar-refractivity contribution in [1.29, 1.82) is 0 Å². The second-order valence-corrected chi connectivity index (χ2v) is 7.11. The summed E-state index contributed by atoms with van der Waals surface area (Å²) in [7, 11) is 0. The van der Waals surface area contributed by atoms with Gasteiger partial charge in [-0.3, -0.25) is 4.79 Å². The molecule has 1 amide bonds. The third kappa shape index (κ3) is 3.18. The fourth-order valence-corrected chi connectivity index (χ4v) is 3.39. The number of carbonyl (C=O) groups excluding carboxylic acids is 1. The largest absolute Gasteiger partial charge is 0.336 e. The lowest BCUT2D eigenvalue weighted by atomic mass is 9.78. The highest BCUT2D eigenvalue weighted by Crippen LogP contribution is 2.33.